The molecule has 5 heteroatoms. The van der Waals surface area contributed by atoms with Crippen molar-refractivity contribution in [3.63, 3.8) is 0 Å². The van der Waals surface area contributed by atoms with Crippen LogP contribution in [0.2, 0.25) is 0 Å². The van der Waals surface area contributed by atoms with Crippen LogP contribution in [0.4, 0.5) is 0 Å². The van der Waals surface area contributed by atoms with Gasteiger partial charge in [0.1, 0.15) is 5.75 Å². The van der Waals surface area contributed by atoms with Gasteiger partial charge in [-0.3, -0.25) is 9.59 Å². The molecular formula is C19H15NO3S. The number of aromatic amines is 1. The van der Waals surface area contributed by atoms with Gasteiger partial charge in [0.05, 0.1) is 9.20 Å². The Kier molecular flexibility index (Phi) is 4.44. The molecule has 4 nitrogen and oxygen atoms in total. The van der Waals surface area contributed by atoms with Gasteiger partial charge in [0, 0.05) is 11.6 Å². The van der Waals surface area contributed by atoms with Crippen LogP contribution in [0.15, 0.2) is 53.3 Å². The topological polar surface area (TPSA) is 70.2 Å². The predicted molar refractivity (Wildman–Crippen MR) is 95.8 cm³/mol. The number of carbonyl (C=O) groups is 1. The van der Waals surface area contributed by atoms with Gasteiger partial charge in [-0.05, 0) is 36.3 Å². The summed E-state index contributed by atoms with van der Waals surface area (Å²) in [6.45, 7) is 1.87. The molecule has 0 amide bonds. The number of aryl methyl sites for hydroxylation is 1. The molecule has 1 aromatic heterocycles. The van der Waals surface area contributed by atoms with Crippen molar-refractivity contribution >= 4 is 29.3 Å². The molecule has 2 aromatic carbocycles. The number of H-pyrrole nitrogens is 1. The number of hydrogen-bond acceptors (Lipinski definition) is 4. The zero-order valence-corrected chi connectivity index (χ0v) is 13.8. The SMILES string of the molecule is Cc1ccccc1C(=O)C=c1[nH]c(=O)c(=Cc2cccc(O)c2)s1. The minimum Gasteiger partial charge on any atom is -0.508 e. The fourth-order valence-electron chi connectivity index (χ4n) is 2.34. The first-order valence-corrected chi connectivity index (χ1v) is 8.16. The summed E-state index contributed by atoms with van der Waals surface area (Å²) < 4.78 is 0.976. The van der Waals surface area contributed by atoms with Crippen molar-refractivity contribution < 1.29 is 9.90 Å². The van der Waals surface area contributed by atoms with Gasteiger partial charge in [-0.1, -0.05) is 36.4 Å². The third-order valence-electron chi connectivity index (χ3n) is 3.52. The number of nitrogens with one attached hydrogen (secondary N) is 1. The summed E-state index contributed by atoms with van der Waals surface area (Å²) in [6, 6.07) is 14.0. The molecule has 120 valence electrons. The molecule has 1 heterocycles. The lowest BCUT2D eigenvalue weighted by Gasteiger charge is -1.99. The Hall–Kier alpha value is -2.92. The lowest BCUT2D eigenvalue weighted by Crippen LogP contribution is -2.20. The zero-order valence-electron chi connectivity index (χ0n) is 12.9. The van der Waals surface area contributed by atoms with E-state index in [1.165, 1.54) is 17.4 Å². The molecule has 2 N–H and O–H groups in total. The first kappa shape index (κ1) is 16.0. The highest BCUT2D eigenvalue weighted by atomic mass is 32.1. The van der Waals surface area contributed by atoms with E-state index in [2.05, 4.69) is 4.98 Å². The second-order valence-electron chi connectivity index (χ2n) is 5.35. The number of benzene rings is 2. The van der Waals surface area contributed by atoms with E-state index in [1.807, 2.05) is 25.1 Å². The molecule has 0 atom stereocenters. The number of phenols is 1. The highest BCUT2D eigenvalue weighted by Crippen LogP contribution is 2.11. The summed E-state index contributed by atoms with van der Waals surface area (Å²) in [6.07, 6.45) is 3.12. The van der Waals surface area contributed by atoms with E-state index in [1.54, 1.807) is 36.4 Å². The molecule has 0 aliphatic heterocycles. The highest BCUT2D eigenvalue weighted by molar-refractivity contribution is 7.07. The lowest BCUT2D eigenvalue weighted by molar-refractivity contribution is 0.106. The maximum absolute atomic E-state index is 12.3. The smallest absolute Gasteiger partial charge is 0.266 e. The number of aromatic hydroxyl groups is 1. The molecule has 0 radical (unpaired) electrons. The normalized spacial score (nSPS) is 12.5. The molecule has 0 unspecified atom stereocenters. The Morgan fingerprint density at radius 1 is 1.17 bits per heavy atom. The molecule has 0 fully saturated rings. The molecule has 0 saturated heterocycles. The summed E-state index contributed by atoms with van der Waals surface area (Å²) >= 11 is 1.21. The van der Waals surface area contributed by atoms with Gasteiger partial charge in [0.2, 0.25) is 0 Å². The van der Waals surface area contributed by atoms with Crippen LogP contribution in [0.3, 0.4) is 0 Å². The molecule has 0 aliphatic rings. The predicted octanol–water partition coefficient (Wildman–Crippen LogP) is 1.94. The fraction of sp³-hybridized carbons (Fsp3) is 0.0526. The number of ketones is 1. The van der Waals surface area contributed by atoms with E-state index in [4.69, 9.17) is 0 Å². The number of Topliss-reactive ketones (excluding diaryl/α,β-unsaturated/α-hetero) is 1. The second-order valence-corrected chi connectivity index (χ2v) is 6.43. The van der Waals surface area contributed by atoms with Gasteiger partial charge < -0.3 is 10.1 Å². The number of carbonyl (C=O) groups excluding carboxylic acids is 1. The van der Waals surface area contributed by atoms with Gasteiger partial charge >= 0.3 is 0 Å². The minimum absolute atomic E-state index is 0.137. The van der Waals surface area contributed by atoms with Gasteiger partial charge in [0.25, 0.3) is 5.56 Å². The Labute approximate surface area is 142 Å². The lowest BCUT2D eigenvalue weighted by atomic mass is 10.1. The van der Waals surface area contributed by atoms with Crippen molar-refractivity contribution in [1.82, 2.24) is 4.98 Å². The molecule has 0 spiro atoms. The quantitative estimate of drug-likeness (QED) is 0.718. The van der Waals surface area contributed by atoms with E-state index in [0.29, 0.717) is 14.8 Å². The Morgan fingerprint density at radius 3 is 2.71 bits per heavy atom. The van der Waals surface area contributed by atoms with E-state index in [-0.39, 0.29) is 17.1 Å². The van der Waals surface area contributed by atoms with Crippen molar-refractivity contribution in [2.75, 3.05) is 0 Å². The summed E-state index contributed by atoms with van der Waals surface area (Å²) in [5, 5.41) is 9.48. The van der Waals surface area contributed by atoms with Gasteiger partial charge in [-0.15, -0.1) is 11.3 Å². The maximum Gasteiger partial charge on any atom is 0.266 e. The first-order valence-electron chi connectivity index (χ1n) is 7.34. The van der Waals surface area contributed by atoms with E-state index in [0.717, 1.165) is 11.1 Å². The fourth-order valence-corrected chi connectivity index (χ4v) is 3.22. The van der Waals surface area contributed by atoms with Crippen LogP contribution < -0.4 is 14.8 Å². The van der Waals surface area contributed by atoms with Crippen LogP contribution >= 0.6 is 11.3 Å². The second kappa shape index (κ2) is 6.68. The molecule has 0 aliphatic carbocycles. The van der Waals surface area contributed by atoms with Gasteiger partial charge in [0.15, 0.2) is 5.78 Å². The van der Waals surface area contributed by atoms with E-state index < -0.39 is 0 Å². The van der Waals surface area contributed by atoms with Crippen LogP contribution in [0.25, 0.3) is 12.2 Å². The molecule has 0 saturated carbocycles. The standard InChI is InChI=1S/C19H15NO3S/c1-12-5-2-3-8-15(12)16(22)11-18-20-19(23)17(24-18)10-13-6-4-7-14(21)9-13/h2-11,21H,1H3,(H,20,23). The number of rotatable bonds is 3. The Morgan fingerprint density at radius 2 is 1.96 bits per heavy atom. The van der Waals surface area contributed by atoms with Crippen LogP contribution in [0, 0.1) is 6.92 Å². The monoisotopic (exact) mass is 337 g/mol. The third-order valence-corrected chi connectivity index (χ3v) is 4.48. The average Bonchev–Trinajstić information content (AvgIpc) is 2.87. The molecular weight excluding hydrogens is 322 g/mol. The average molecular weight is 337 g/mol. The Bertz CT molecular complexity index is 1080. The van der Waals surface area contributed by atoms with Crippen LogP contribution in [-0.2, 0) is 0 Å². The van der Waals surface area contributed by atoms with Crippen molar-refractivity contribution in [3.05, 3.63) is 84.8 Å². The van der Waals surface area contributed by atoms with Crippen molar-refractivity contribution in [3.8, 4) is 5.75 Å². The number of aromatic nitrogens is 1. The zero-order chi connectivity index (χ0) is 17.1. The van der Waals surface area contributed by atoms with Crippen molar-refractivity contribution in [1.29, 1.82) is 0 Å². The largest absolute Gasteiger partial charge is 0.508 e. The third kappa shape index (κ3) is 3.52. The van der Waals surface area contributed by atoms with Crippen molar-refractivity contribution in [2.24, 2.45) is 0 Å². The van der Waals surface area contributed by atoms with Crippen LogP contribution in [-0.4, -0.2) is 15.9 Å². The molecule has 3 aromatic rings. The van der Waals surface area contributed by atoms with Crippen LogP contribution in [0.5, 0.6) is 5.75 Å². The number of thiazole rings is 1. The molecule has 24 heavy (non-hydrogen) atoms. The van der Waals surface area contributed by atoms with E-state index >= 15 is 0 Å². The van der Waals surface area contributed by atoms with E-state index in [9.17, 15) is 14.7 Å². The Balaban J connectivity index is 2.02. The first-order chi connectivity index (χ1) is 11.5. The highest BCUT2D eigenvalue weighted by Gasteiger charge is 2.05. The summed E-state index contributed by atoms with van der Waals surface area (Å²) in [7, 11) is 0. The van der Waals surface area contributed by atoms with Gasteiger partial charge in [-0.25, -0.2) is 0 Å². The maximum atomic E-state index is 12.3. The van der Waals surface area contributed by atoms with Crippen LogP contribution in [0.1, 0.15) is 21.5 Å². The molecule has 0 bridgehead atoms. The minimum atomic E-state index is -0.257. The van der Waals surface area contributed by atoms with Crippen molar-refractivity contribution in [2.45, 2.75) is 6.92 Å². The number of hydrogen-bond donors (Lipinski definition) is 2. The summed E-state index contributed by atoms with van der Waals surface area (Å²) in [5.41, 5.74) is 1.97. The number of phenolic OH excluding ortho intramolecular Hbond substituents is 1. The summed E-state index contributed by atoms with van der Waals surface area (Å²) in [4.78, 5) is 27.1. The van der Waals surface area contributed by atoms with Gasteiger partial charge in [-0.2, -0.15) is 0 Å². The molecule has 3 rings (SSSR count). The summed E-state index contributed by atoms with van der Waals surface area (Å²) in [5.74, 6) is -0.00671.